The number of rotatable bonds is 5. The van der Waals surface area contributed by atoms with Crippen LogP contribution in [-0.4, -0.2) is 68.4 Å². The third-order valence-electron chi connectivity index (χ3n) is 3.48. The number of hydrogen-bond acceptors (Lipinski definition) is 9. The van der Waals surface area contributed by atoms with Gasteiger partial charge in [0.25, 0.3) is 0 Å². The third-order valence-corrected chi connectivity index (χ3v) is 4.00. The Morgan fingerprint density at radius 2 is 1.88 bits per heavy atom. The SMILES string of the molecule is Nc1ccccc1C(=O)OC1O[C@H](CO)[C@@H](O)[C@H](OP(=O)(O)O)[C@H]1O. The van der Waals surface area contributed by atoms with Crippen LogP contribution in [0.3, 0.4) is 0 Å². The van der Waals surface area contributed by atoms with Crippen LogP contribution < -0.4 is 5.73 Å². The van der Waals surface area contributed by atoms with E-state index in [0.29, 0.717) is 0 Å². The smallest absolute Gasteiger partial charge is 0.429 e. The summed E-state index contributed by atoms with van der Waals surface area (Å²) in [5.74, 6) is -0.981. The van der Waals surface area contributed by atoms with Crippen LogP contribution in [0.25, 0.3) is 0 Å². The van der Waals surface area contributed by atoms with Crippen molar-refractivity contribution in [1.82, 2.24) is 0 Å². The Morgan fingerprint density at radius 1 is 1.24 bits per heavy atom. The number of nitrogens with two attached hydrogens (primary N) is 1. The molecule has 1 aliphatic rings. The van der Waals surface area contributed by atoms with Gasteiger partial charge in [-0.3, -0.25) is 4.52 Å². The Labute approximate surface area is 141 Å². The van der Waals surface area contributed by atoms with Gasteiger partial charge in [0.1, 0.15) is 24.4 Å². The van der Waals surface area contributed by atoms with Crippen molar-refractivity contribution >= 4 is 19.5 Å². The van der Waals surface area contributed by atoms with Crippen LogP contribution in [0, 0.1) is 0 Å². The number of phosphoric ester groups is 1. The molecule has 25 heavy (non-hydrogen) atoms. The highest BCUT2D eigenvalue weighted by Gasteiger charge is 2.49. The van der Waals surface area contributed by atoms with E-state index in [1.165, 1.54) is 18.2 Å². The maximum atomic E-state index is 12.1. The van der Waals surface area contributed by atoms with Crippen molar-refractivity contribution in [3.63, 3.8) is 0 Å². The molecule has 7 N–H and O–H groups in total. The molecule has 0 aliphatic carbocycles. The number of anilines is 1. The zero-order valence-corrected chi connectivity index (χ0v) is 13.6. The predicted octanol–water partition coefficient (Wildman–Crippen LogP) is -1.66. The molecule has 140 valence electrons. The number of phosphoric acid groups is 1. The fraction of sp³-hybridized carbons (Fsp3) is 0.462. The summed E-state index contributed by atoms with van der Waals surface area (Å²) in [7, 11) is -5.09. The Hall–Kier alpha value is -1.56. The molecular formula is C13H18NO10P. The highest BCUT2D eigenvalue weighted by Crippen LogP contribution is 2.41. The molecule has 2 rings (SSSR count). The minimum atomic E-state index is -5.09. The number of hydrogen-bond donors (Lipinski definition) is 6. The maximum Gasteiger partial charge on any atom is 0.470 e. The van der Waals surface area contributed by atoms with E-state index in [9.17, 15) is 24.7 Å². The average Bonchev–Trinajstić information content (AvgIpc) is 2.53. The van der Waals surface area contributed by atoms with Crippen molar-refractivity contribution in [2.75, 3.05) is 12.3 Å². The summed E-state index contributed by atoms with van der Waals surface area (Å²) in [4.78, 5) is 29.9. The van der Waals surface area contributed by atoms with Crippen LogP contribution in [0.2, 0.25) is 0 Å². The fourth-order valence-corrected chi connectivity index (χ4v) is 2.85. The zero-order chi connectivity index (χ0) is 18.8. The molecule has 1 fully saturated rings. The van der Waals surface area contributed by atoms with Gasteiger partial charge in [0.2, 0.25) is 6.29 Å². The number of esters is 1. The third kappa shape index (κ3) is 4.75. The van der Waals surface area contributed by atoms with Gasteiger partial charge in [-0.15, -0.1) is 0 Å². The number of nitrogen functional groups attached to an aromatic ring is 1. The number of carbonyl (C=O) groups is 1. The lowest BCUT2D eigenvalue weighted by Crippen LogP contribution is -2.60. The van der Waals surface area contributed by atoms with Gasteiger partial charge in [-0.05, 0) is 12.1 Å². The Morgan fingerprint density at radius 3 is 2.44 bits per heavy atom. The van der Waals surface area contributed by atoms with Crippen LogP contribution in [0.1, 0.15) is 10.4 Å². The molecule has 11 nitrogen and oxygen atoms in total. The Balaban J connectivity index is 2.20. The van der Waals surface area contributed by atoms with Gasteiger partial charge in [-0.25, -0.2) is 9.36 Å². The first kappa shape index (κ1) is 19.8. The summed E-state index contributed by atoms with van der Waals surface area (Å²) in [5.41, 5.74) is 5.70. The molecule has 1 aromatic carbocycles. The van der Waals surface area contributed by atoms with Gasteiger partial charge in [0.05, 0.1) is 12.2 Å². The molecular weight excluding hydrogens is 361 g/mol. The van der Waals surface area contributed by atoms with Gasteiger partial charge in [-0.1, -0.05) is 12.1 Å². The van der Waals surface area contributed by atoms with Crippen LogP contribution in [0.15, 0.2) is 24.3 Å². The van der Waals surface area contributed by atoms with E-state index < -0.39 is 51.1 Å². The highest BCUT2D eigenvalue weighted by molar-refractivity contribution is 7.46. The number of benzene rings is 1. The molecule has 0 aromatic heterocycles. The quantitative estimate of drug-likeness (QED) is 0.195. The Kier molecular flexibility index (Phi) is 6.14. The van der Waals surface area contributed by atoms with Crippen LogP contribution in [0.5, 0.6) is 0 Å². The molecule has 12 heteroatoms. The standard InChI is InChI=1S/C13H18NO10P/c14-7-4-2-1-3-6(7)12(18)23-13-10(17)11(24-25(19,20)21)9(16)8(5-15)22-13/h1-4,8-11,13,15-17H,5,14H2,(H2,19,20,21)/t8-,9-,10-,11+,13?/m1/s1. The lowest BCUT2D eigenvalue weighted by Gasteiger charge is -2.40. The van der Waals surface area contributed by atoms with Crippen LogP contribution in [-0.2, 0) is 18.6 Å². The van der Waals surface area contributed by atoms with Crippen molar-refractivity contribution in [2.45, 2.75) is 30.7 Å². The van der Waals surface area contributed by atoms with E-state index >= 15 is 0 Å². The summed E-state index contributed by atoms with van der Waals surface area (Å²) in [6, 6.07) is 5.90. The van der Waals surface area contributed by atoms with Crippen molar-refractivity contribution in [2.24, 2.45) is 0 Å². The molecule has 5 atom stereocenters. The lowest BCUT2D eigenvalue weighted by atomic mass is 9.99. The second-order valence-electron chi connectivity index (χ2n) is 5.26. The molecule has 0 bridgehead atoms. The largest absolute Gasteiger partial charge is 0.470 e. The van der Waals surface area contributed by atoms with E-state index in [0.717, 1.165) is 0 Å². The van der Waals surface area contributed by atoms with E-state index in [4.69, 9.17) is 25.0 Å². The molecule has 1 heterocycles. The monoisotopic (exact) mass is 379 g/mol. The van der Waals surface area contributed by atoms with Crippen molar-refractivity contribution in [1.29, 1.82) is 0 Å². The van der Waals surface area contributed by atoms with E-state index in [1.54, 1.807) is 6.07 Å². The summed E-state index contributed by atoms with van der Waals surface area (Å²) in [6.45, 7) is -0.781. The van der Waals surface area contributed by atoms with Gasteiger partial charge in [-0.2, -0.15) is 0 Å². The van der Waals surface area contributed by atoms with Gasteiger partial charge in [0.15, 0.2) is 0 Å². The summed E-state index contributed by atoms with van der Waals surface area (Å²) < 4.78 is 25.4. The Bertz CT molecular complexity index is 664. The normalized spacial score (nSPS) is 30.0. The van der Waals surface area contributed by atoms with Crippen molar-refractivity contribution < 1.29 is 48.5 Å². The van der Waals surface area contributed by atoms with Gasteiger partial charge in [0, 0.05) is 5.69 Å². The number of aliphatic hydroxyl groups excluding tert-OH is 3. The molecule has 0 spiro atoms. The lowest BCUT2D eigenvalue weighted by molar-refractivity contribution is -0.282. The number of aliphatic hydroxyl groups is 3. The molecule has 1 saturated heterocycles. The van der Waals surface area contributed by atoms with Crippen molar-refractivity contribution in [3.05, 3.63) is 29.8 Å². The molecule has 0 saturated carbocycles. The number of para-hydroxylation sites is 1. The molecule has 1 unspecified atom stereocenters. The predicted molar refractivity (Wildman–Crippen MR) is 80.9 cm³/mol. The average molecular weight is 379 g/mol. The number of carbonyl (C=O) groups excluding carboxylic acids is 1. The minimum Gasteiger partial charge on any atom is -0.429 e. The number of ether oxygens (including phenoxy) is 2. The van der Waals surface area contributed by atoms with E-state index in [2.05, 4.69) is 4.52 Å². The molecule has 1 aliphatic heterocycles. The first-order chi connectivity index (χ1) is 11.6. The second kappa shape index (κ2) is 7.77. The minimum absolute atomic E-state index is 0.0302. The summed E-state index contributed by atoms with van der Waals surface area (Å²) in [5, 5.41) is 29.2. The van der Waals surface area contributed by atoms with E-state index in [1.807, 2.05) is 0 Å². The second-order valence-corrected chi connectivity index (χ2v) is 6.45. The van der Waals surface area contributed by atoms with Crippen LogP contribution >= 0.6 is 7.82 Å². The van der Waals surface area contributed by atoms with Crippen molar-refractivity contribution in [3.8, 4) is 0 Å². The first-order valence-corrected chi connectivity index (χ1v) is 8.59. The first-order valence-electron chi connectivity index (χ1n) is 7.06. The maximum absolute atomic E-state index is 12.1. The topological polar surface area (TPSA) is 189 Å². The molecule has 0 amide bonds. The summed E-state index contributed by atoms with van der Waals surface area (Å²) in [6.07, 6.45) is -8.74. The van der Waals surface area contributed by atoms with E-state index in [-0.39, 0.29) is 11.3 Å². The fourth-order valence-electron chi connectivity index (χ4n) is 2.29. The zero-order valence-electron chi connectivity index (χ0n) is 12.7. The van der Waals surface area contributed by atoms with Gasteiger partial charge < -0.3 is 40.3 Å². The highest BCUT2D eigenvalue weighted by atomic mass is 31.2. The molecule has 1 aromatic rings. The molecule has 0 radical (unpaired) electrons. The van der Waals surface area contributed by atoms with Gasteiger partial charge >= 0.3 is 13.8 Å². The summed E-state index contributed by atoms with van der Waals surface area (Å²) >= 11 is 0. The van der Waals surface area contributed by atoms with Crippen LogP contribution in [0.4, 0.5) is 5.69 Å².